The van der Waals surface area contributed by atoms with Crippen LogP contribution in [0.25, 0.3) is 17.0 Å². The van der Waals surface area contributed by atoms with Gasteiger partial charge in [0.15, 0.2) is 0 Å². The van der Waals surface area contributed by atoms with Gasteiger partial charge in [-0.15, -0.1) is 0 Å². The third kappa shape index (κ3) is 4.97. The Balaban J connectivity index is 1.27. The van der Waals surface area contributed by atoms with Crippen LogP contribution in [0.15, 0.2) is 77.7 Å². The minimum Gasteiger partial charge on any atom is -0.322 e. The van der Waals surface area contributed by atoms with E-state index >= 15 is 0 Å². The van der Waals surface area contributed by atoms with Crippen LogP contribution < -0.4 is 5.56 Å². The number of benzene rings is 2. The van der Waals surface area contributed by atoms with Crippen LogP contribution in [0.4, 0.5) is 4.39 Å². The molecule has 188 valence electrons. The Kier molecular flexibility index (Phi) is 6.40. The quantitative estimate of drug-likeness (QED) is 0.341. The van der Waals surface area contributed by atoms with E-state index < -0.39 is 0 Å². The van der Waals surface area contributed by atoms with Gasteiger partial charge >= 0.3 is 0 Å². The maximum absolute atomic E-state index is 13.7. The molecule has 2 N–H and O–H groups in total. The minimum atomic E-state index is -0.254. The van der Waals surface area contributed by atoms with E-state index in [0.717, 1.165) is 66.0 Å². The first-order valence-corrected chi connectivity index (χ1v) is 12.8. The zero-order chi connectivity index (χ0) is 25.2. The van der Waals surface area contributed by atoms with Crippen LogP contribution in [0.2, 0.25) is 0 Å². The third-order valence-corrected chi connectivity index (χ3v) is 7.29. The summed E-state index contributed by atoms with van der Waals surface area (Å²) in [5.74, 6) is 0.491. The summed E-state index contributed by atoms with van der Waals surface area (Å²) in [6, 6.07) is 20.3. The topological polar surface area (TPSA) is 82.6 Å². The van der Waals surface area contributed by atoms with Gasteiger partial charge in [-0.2, -0.15) is 4.68 Å². The van der Waals surface area contributed by atoms with Crippen LogP contribution in [-0.2, 0) is 19.4 Å². The number of hydrogen-bond donors (Lipinski definition) is 2. The van der Waals surface area contributed by atoms with Crippen molar-refractivity contribution in [1.82, 2.24) is 29.6 Å². The number of aromatic nitrogens is 5. The van der Waals surface area contributed by atoms with Gasteiger partial charge in [-0.05, 0) is 80.7 Å². The fourth-order valence-corrected chi connectivity index (χ4v) is 5.28. The molecule has 0 aliphatic carbocycles. The molecule has 2 aromatic carbocycles. The van der Waals surface area contributed by atoms with Gasteiger partial charge in [0.1, 0.15) is 5.82 Å². The van der Waals surface area contributed by atoms with Crippen LogP contribution in [0.3, 0.4) is 0 Å². The van der Waals surface area contributed by atoms with E-state index in [4.69, 9.17) is 0 Å². The summed E-state index contributed by atoms with van der Waals surface area (Å²) in [6.07, 6.45) is 4.99. The van der Waals surface area contributed by atoms with E-state index in [0.29, 0.717) is 18.8 Å². The van der Waals surface area contributed by atoms with Gasteiger partial charge in [0.25, 0.3) is 5.56 Å². The summed E-state index contributed by atoms with van der Waals surface area (Å²) in [6.45, 7) is 2.72. The molecule has 0 amide bonds. The molecule has 7 nitrogen and oxygen atoms in total. The smallest absolute Gasteiger partial charge is 0.277 e. The van der Waals surface area contributed by atoms with Crippen molar-refractivity contribution in [2.24, 2.45) is 0 Å². The monoisotopic (exact) mass is 496 g/mol. The molecule has 0 saturated carbocycles. The molecule has 6 rings (SSSR count). The summed E-state index contributed by atoms with van der Waals surface area (Å²) in [7, 11) is 0. The van der Waals surface area contributed by atoms with Gasteiger partial charge in [-0.1, -0.05) is 30.3 Å². The van der Waals surface area contributed by atoms with Crippen molar-refractivity contribution < 1.29 is 4.39 Å². The maximum Gasteiger partial charge on any atom is 0.277 e. The first kappa shape index (κ1) is 23.4. The first-order chi connectivity index (χ1) is 18.1. The Hall–Kier alpha value is -4.04. The summed E-state index contributed by atoms with van der Waals surface area (Å²) < 4.78 is 14.9. The second-order valence-corrected chi connectivity index (χ2v) is 9.72. The molecule has 0 bridgehead atoms. The molecule has 0 unspecified atom stereocenters. The number of H-pyrrole nitrogens is 2. The van der Waals surface area contributed by atoms with E-state index in [1.54, 1.807) is 16.8 Å². The number of fused-ring (bicyclic) bond motifs is 1. The number of piperidine rings is 1. The molecule has 4 heterocycles. The predicted octanol–water partition coefficient (Wildman–Crippen LogP) is 4.74. The van der Waals surface area contributed by atoms with Crippen LogP contribution in [0, 0.1) is 5.82 Å². The van der Waals surface area contributed by atoms with Crippen molar-refractivity contribution in [2.45, 2.75) is 38.1 Å². The number of para-hydroxylation sites is 2. The highest BCUT2D eigenvalue weighted by molar-refractivity contribution is 5.75. The van der Waals surface area contributed by atoms with Crippen molar-refractivity contribution in [3.63, 3.8) is 0 Å². The highest BCUT2D eigenvalue weighted by Crippen LogP contribution is 2.30. The fourth-order valence-electron chi connectivity index (χ4n) is 5.28. The molecule has 1 saturated heterocycles. The van der Waals surface area contributed by atoms with Crippen molar-refractivity contribution >= 4 is 11.0 Å². The maximum atomic E-state index is 13.7. The lowest BCUT2D eigenvalue weighted by Crippen LogP contribution is -2.33. The van der Waals surface area contributed by atoms with Crippen molar-refractivity contribution in [3.8, 4) is 5.95 Å². The van der Waals surface area contributed by atoms with Gasteiger partial charge in [0.05, 0.1) is 16.7 Å². The Bertz CT molecular complexity index is 1510. The minimum absolute atomic E-state index is 0.0768. The SMILES string of the molecule is O=c1c(CCc2ccc(F)cc2)c(C2CCN(Cc3ccccn3)CC2)[nH]n1-c1nc2ccccc2[nH]1. The average molecular weight is 497 g/mol. The third-order valence-electron chi connectivity index (χ3n) is 7.29. The highest BCUT2D eigenvalue weighted by atomic mass is 19.1. The van der Waals surface area contributed by atoms with E-state index in [9.17, 15) is 9.18 Å². The van der Waals surface area contributed by atoms with Crippen LogP contribution in [0.5, 0.6) is 0 Å². The molecular weight excluding hydrogens is 467 g/mol. The summed E-state index contributed by atoms with van der Waals surface area (Å²) in [5, 5.41) is 3.43. The number of imidazole rings is 1. The zero-order valence-electron chi connectivity index (χ0n) is 20.5. The molecule has 5 aromatic rings. The fraction of sp³-hybridized carbons (Fsp3) is 0.276. The van der Waals surface area contributed by atoms with E-state index in [-0.39, 0.29) is 17.3 Å². The van der Waals surface area contributed by atoms with E-state index in [2.05, 4.69) is 31.0 Å². The van der Waals surface area contributed by atoms with E-state index in [1.165, 1.54) is 12.1 Å². The van der Waals surface area contributed by atoms with Crippen LogP contribution in [0.1, 0.15) is 41.3 Å². The van der Waals surface area contributed by atoms with Gasteiger partial charge in [0.2, 0.25) is 5.95 Å². The predicted molar refractivity (Wildman–Crippen MR) is 141 cm³/mol. The molecule has 37 heavy (non-hydrogen) atoms. The lowest BCUT2D eigenvalue weighted by Gasteiger charge is -2.31. The number of rotatable bonds is 7. The number of halogens is 1. The summed E-state index contributed by atoms with van der Waals surface area (Å²) >= 11 is 0. The molecule has 8 heteroatoms. The highest BCUT2D eigenvalue weighted by Gasteiger charge is 2.27. The summed E-state index contributed by atoms with van der Waals surface area (Å²) in [4.78, 5) is 28.5. The van der Waals surface area contributed by atoms with Gasteiger partial charge < -0.3 is 4.98 Å². The molecular formula is C29H29FN6O. The van der Waals surface area contributed by atoms with E-state index in [1.807, 2.05) is 42.6 Å². The number of aromatic amines is 2. The van der Waals surface area contributed by atoms with Gasteiger partial charge in [-0.3, -0.25) is 19.8 Å². The normalized spacial score (nSPS) is 14.9. The van der Waals surface area contributed by atoms with Gasteiger partial charge in [0, 0.05) is 29.9 Å². The number of nitrogens with zero attached hydrogens (tertiary/aromatic N) is 4. The lowest BCUT2D eigenvalue weighted by atomic mass is 9.89. The Morgan fingerprint density at radius 2 is 1.73 bits per heavy atom. The first-order valence-electron chi connectivity index (χ1n) is 12.8. The Morgan fingerprint density at radius 1 is 0.946 bits per heavy atom. The number of pyridine rings is 1. The van der Waals surface area contributed by atoms with Crippen LogP contribution in [-0.4, -0.2) is 42.7 Å². The molecule has 1 fully saturated rings. The molecule has 0 atom stereocenters. The molecule has 0 spiro atoms. The number of nitrogens with one attached hydrogen (secondary N) is 2. The largest absolute Gasteiger partial charge is 0.322 e. The number of aryl methyl sites for hydroxylation is 1. The van der Waals surface area contributed by atoms with Crippen molar-refractivity contribution in [1.29, 1.82) is 0 Å². The van der Waals surface area contributed by atoms with Crippen molar-refractivity contribution in [3.05, 3.63) is 112 Å². The second-order valence-electron chi connectivity index (χ2n) is 9.72. The second kappa shape index (κ2) is 10.1. The lowest BCUT2D eigenvalue weighted by molar-refractivity contribution is 0.200. The zero-order valence-corrected chi connectivity index (χ0v) is 20.5. The molecule has 1 aliphatic rings. The Labute approximate surface area is 214 Å². The average Bonchev–Trinajstić information content (AvgIpc) is 3.50. The molecule has 0 radical (unpaired) electrons. The molecule has 3 aromatic heterocycles. The van der Waals surface area contributed by atoms with Crippen LogP contribution >= 0.6 is 0 Å². The standard InChI is InChI=1S/C29H29FN6O/c30-22-11-8-20(9-12-22)10-13-24-27(21-14-17-35(18-15-21)19-23-5-3-4-16-31-23)34-36(28(24)37)29-32-25-6-1-2-7-26(25)33-29/h1-9,11-12,16,21,34H,10,13-15,17-19H2,(H,32,33). The molecule has 1 aliphatic heterocycles. The Morgan fingerprint density at radius 3 is 2.49 bits per heavy atom. The summed E-state index contributed by atoms with van der Waals surface area (Å²) in [5.41, 5.74) is 5.48. The number of likely N-dealkylation sites (tertiary alicyclic amines) is 1. The van der Waals surface area contributed by atoms with Gasteiger partial charge in [-0.25, -0.2) is 9.37 Å². The van der Waals surface area contributed by atoms with Crippen molar-refractivity contribution in [2.75, 3.05) is 13.1 Å². The number of hydrogen-bond acceptors (Lipinski definition) is 4.